The van der Waals surface area contributed by atoms with E-state index >= 15 is 0 Å². The zero-order valence-electron chi connectivity index (χ0n) is 11.1. The van der Waals surface area contributed by atoms with Crippen LogP contribution in [0.1, 0.15) is 24.2 Å². The molecule has 20 heavy (non-hydrogen) atoms. The van der Waals surface area contributed by atoms with Crippen LogP contribution in [0.25, 0.3) is 0 Å². The molecule has 1 aromatic heterocycles. The van der Waals surface area contributed by atoms with Gasteiger partial charge >= 0.3 is 5.69 Å². The molecule has 5 nitrogen and oxygen atoms in total. The summed E-state index contributed by atoms with van der Waals surface area (Å²) < 4.78 is 2.44. The molecule has 2 rings (SSSR count). The number of H-pyrrole nitrogens is 1. The van der Waals surface area contributed by atoms with Gasteiger partial charge < -0.3 is 0 Å². The Morgan fingerprint density at radius 1 is 1.45 bits per heavy atom. The van der Waals surface area contributed by atoms with Gasteiger partial charge in [-0.05, 0) is 26.0 Å². The molecule has 0 spiro atoms. The molecule has 0 bridgehead atoms. The predicted octanol–water partition coefficient (Wildman–Crippen LogP) is 2.72. The number of nitrogens with zero attached hydrogens (tertiary/aromatic N) is 2. The molecule has 0 radical (unpaired) electrons. The summed E-state index contributed by atoms with van der Waals surface area (Å²) in [6.07, 6.45) is 0. The summed E-state index contributed by atoms with van der Waals surface area (Å²) in [5.41, 5.74) is 0.396. The van der Waals surface area contributed by atoms with Crippen LogP contribution in [0.3, 0.4) is 0 Å². The number of aromatic nitrogens is 3. The predicted molar refractivity (Wildman–Crippen MR) is 82.3 cm³/mol. The third-order valence-electron chi connectivity index (χ3n) is 2.82. The van der Waals surface area contributed by atoms with Gasteiger partial charge in [-0.25, -0.2) is 9.89 Å². The fourth-order valence-corrected chi connectivity index (χ4v) is 2.99. The summed E-state index contributed by atoms with van der Waals surface area (Å²) in [7, 11) is 0. The van der Waals surface area contributed by atoms with Crippen molar-refractivity contribution in [1.29, 1.82) is 0 Å². The molecule has 0 fully saturated rings. The van der Waals surface area contributed by atoms with Gasteiger partial charge in [-0.15, -0.1) is 5.10 Å². The van der Waals surface area contributed by atoms with Crippen molar-refractivity contribution in [1.82, 2.24) is 14.8 Å². The lowest BCUT2D eigenvalue weighted by Crippen LogP contribution is -2.18. The maximum absolute atomic E-state index is 12.3. The van der Waals surface area contributed by atoms with Gasteiger partial charge in [0.15, 0.2) is 10.9 Å². The molecule has 0 saturated heterocycles. The summed E-state index contributed by atoms with van der Waals surface area (Å²) >= 11 is 4.62. The number of carbonyl (C=O) groups excluding carboxylic acids is 1. The lowest BCUT2D eigenvalue weighted by molar-refractivity contribution is 0.0994. The first-order valence-corrected chi connectivity index (χ1v) is 7.81. The van der Waals surface area contributed by atoms with Gasteiger partial charge in [-0.1, -0.05) is 39.8 Å². The van der Waals surface area contributed by atoms with Crippen molar-refractivity contribution in [2.24, 2.45) is 0 Å². The number of hydrogen-bond donors (Lipinski definition) is 1. The Hall–Kier alpha value is -1.34. The zero-order valence-corrected chi connectivity index (χ0v) is 13.5. The number of thioether (sulfide) groups is 1. The van der Waals surface area contributed by atoms with E-state index < -0.39 is 0 Å². The molecule has 0 saturated carbocycles. The maximum Gasteiger partial charge on any atom is 0.343 e. The number of carbonyl (C=O) groups is 1. The molecule has 106 valence electrons. The van der Waals surface area contributed by atoms with Crippen LogP contribution in [0, 0.1) is 0 Å². The summed E-state index contributed by atoms with van der Waals surface area (Å²) in [6.45, 7) is 4.20. The van der Waals surface area contributed by atoms with Gasteiger partial charge in [0.25, 0.3) is 0 Å². The molecule has 0 aliphatic carbocycles. The molecule has 1 N–H and O–H groups in total. The molecular formula is C13H14BrN3O2S. The number of ketones is 1. The Bertz CT molecular complexity index is 663. The van der Waals surface area contributed by atoms with Crippen LogP contribution < -0.4 is 5.69 Å². The SMILES string of the molecule is CCn1c(SC(C)C(=O)c2ccc(Br)cc2)n[nH]c1=O. The van der Waals surface area contributed by atoms with Crippen molar-refractivity contribution in [3.05, 3.63) is 44.8 Å². The molecule has 0 aliphatic heterocycles. The standard InChI is InChI=1S/C13H14BrN3O2S/c1-3-17-12(19)15-16-13(17)20-8(2)11(18)9-4-6-10(14)7-5-9/h4-8H,3H2,1-2H3,(H,15,19). The van der Waals surface area contributed by atoms with Gasteiger partial charge in [0.05, 0.1) is 5.25 Å². The smallest absolute Gasteiger partial charge is 0.293 e. The van der Waals surface area contributed by atoms with Gasteiger partial charge in [0.1, 0.15) is 0 Å². The van der Waals surface area contributed by atoms with Crippen LogP contribution in [-0.4, -0.2) is 25.8 Å². The summed E-state index contributed by atoms with van der Waals surface area (Å²) in [5.74, 6) is 0.0144. The number of aromatic amines is 1. The Labute approximate surface area is 128 Å². The molecule has 1 aromatic carbocycles. The molecule has 7 heteroatoms. The Kier molecular flexibility index (Phi) is 4.82. The number of halogens is 1. The van der Waals surface area contributed by atoms with Crippen LogP contribution in [0.15, 0.2) is 38.7 Å². The first kappa shape index (κ1) is 15.1. The van der Waals surface area contributed by atoms with Crippen molar-refractivity contribution in [3.63, 3.8) is 0 Å². The van der Waals surface area contributed by atoms with Crippen LogP contribution in [0.4, 0.5) is 0 Å². The number of benzene rings is 1. The van der Waals surface area contributed by atoms with Crippen LogP contribution in [0.2, 0.25) is 0 Å². The molecule has 2 aromatic rings. The minimum Gasteiger partial charge on any atom is -0.293 e. The number of hydrogen-bond acceptors (Lipinski definition) is 4. The molecule has 0 aliphatic rings. The number of rotatable bonds is 5. The Morgan fingerprint density at radius 2 is 2.10 bits per heavy atom. The van der Waals surface area contributed by atoms with Crippen molar-refractivity contribution >= 4 is 33.5 Å². The van der Waals surface area contributed by atoms with E-state index in [0.29, 0.717) is 17.3 Å². The fourth-order valence-electron chi connectivity index (χ4n) is 1.73. The van der Waals surface area contributed by atoms with Gasteiger partial charge in [-0.2, -0.15) is 0 Å². The van der Waals surface area contributed by atoms with Crippen LogP contribution in [0.5, 0.6) is 0 Å². The Balaban J connectivity index is 2.15. The van der Waals surface area contributed by atoms with E-state index in [2.05, 4.69) is 26.1 Å². The second kappa shape index (κ2) is 6.41. The average Bonchev–Trinajstić information content (AvgIpc) is 2.79. The lowest BCUT2D eigenvalue weighted by Gasteiger charge is -2.10. The molecule has 0 amide bonds. The third kappa shape index (κ3) is 3.21. The van der Waals surface area contributed by atoms with E-state index in [0.717, 1.165) is 4.47 Å². The van der Waals surface area contributed by atoms with Gasteiger partial charge in [0.2, 0.25) is 0 Å². The van der Waals surface area contributed by atoms with E-state index in [9.17, 15) is 9.59 Å². The monoisotopic (exact) mass is 355 g/mol. The molecule has 1 atom stereocenters. The van der Waals surface area contributed by atoms with Gasteiger partial charge in [-0.3, -0.25) is 9.36 Å². The minimum absolute atomic E-state index is 0.0144. The first-order valence-electron chi connectivity index (χ1n) is 6.14. The van der Waals surface area contributed by atoms with Crippen LogP contribution in [-0.2, 0) is 6.54 Å². The third-order valence-corrected chi connectivity index (χ3v) is 4.44. The highest BCUT2D eigenvalue weighted by Crippen LogP contribution is 2.23. The lowest BCUT2D eigenvalue weighted by atomic mass is 10.1. The van der Waals surface area contributed by atoms with Crippen molar-refractivity contribution in [2.45, 2.75) is 30.8 Å². The van der Waals surface area contributed by atoms with E-state index in [4.69, 9.17) is 0 Å². The zero-order chi connectivity index (χ0) is 14.7. The molecule has 1 heterocycles. The normalized spacial score (nSPS) is 12.3. The average molecular weight is 356 g/mol. The highest BCUT2D eigenvalue weighted by Gasteiger charge is 2.19. The van der Waals surface area contributed by atoms with E-state index in [1.54, 1.807) is 12.1 Å². The van der Waals surface area contributed by atoms with Crippen molar-refractivity contribution < 1.29 is 4.79 Å². The van der Waals surface area contributed by atoms with E-state index in [1.807, 2.05) is 26.0 Å². The topological polar surface area (TPSA) is 67.8 Å². The maximum atomic E-state index is 12.3. The quantitative estimate of drug-likeness (QED) is 0.661. The largest absolute Gasteiger partial charge is 0.343 e. The van der Waals surface area contributed by atoms with E-state index in [1.165, 1.54) is 16.3 Å². The highest BCUT2D eigenvalue weighted by molar-refractivity contribution is 9.10. The number of nitrogens with one attached hydrogen (secondary N) is 1. The van der Waals surface area contributed by atoms with Crippen LogP contribution >= 0.6 is 27.7 Å². The number of Topliss-reactive ketones (excluding diaryl/α,β-unsaturated/α-hetero) is 1. The summed E-state index contributed by atoms with van der Waals surface area (Å²) in [5, 5.41) is 6.57. The minimum atomic E-state index is -0.309. The first-order chi connectivity index (χ1) is 9.52. The summed E-state index contributed by atoms with van der Waals surface area (Å²) in [6, 6.07) is 7.23. The van der Waals surface area contributed by atoms with Gasteiger partial charge in [0, 0.05) is 16.6 Å². The molecule has 1 unspecified atom stereocenters. The second-order valence-electron chi connectivity index (χ2n) is 4.19. The van der Waals surface area contributed by atoms with E-state index in [-0.39, 0.29) is 16.7 Å². The Morgan fingerprint density at radius 3 is 2.70 bits per heavy atom. The molecular weight excluding hydrogens is 342 g/mol. The fraction of sp³-hybridized carbons (Fsp3) is 0.308. The second-order valence-corrected chi connectivity index (χ2v) is 6.41. The van der Waals surface area contributed by atoms with Crippen molar-refractivity contribution in [3.8, 4) is 0 Å². The highest BCUT2D eigenvalue weighted by atomic mass is 79.9. The summed E-state index contributed by atoms with van der Waals surface area (Å²) in [4.78, 5) is 23.8. The van der Waals surface area contributed by atoms with Crippen molar-refractivity contribution in [2.75, 3.05) is 0 Å².